The van der Waals surface area contributed by atoms with E-state index in [1.54, 1.807) is 13.2 Å². The molecule has 2 heterocycles. The minimum atomic E-state index is -0.178. The quantitative estimate of drug-likeness (QED) is 0.561. The molecule has 26 heavy (non-hydrogen) atoms. The van der Waals surface area contributed by atoms with Crippen LogP contribution in [0.1, 0.15) is 17.0 Å². The Morgan fingerprint density at radius 1 is 1.04 bits per heavy atom. The van der Waals surface area contributed by atoms with Crippen LogP contribution in [-0.4, -0.2) is 21.7 Å². The first-order valence-electron chi connectivity index (χ1n) is 8.02. The van der Waals surface area contributed by atoms with Crippen LogP contribution >= 0.6 is 11.3 Å². The Kier molecular flexibility index (Phi) is 4.33. The molecule has 0 bridgehead atoms. The third-order valence-corrected chi connectivity index (χ3v) is 4.81. The van der Waals surface area contributed by atoms with Crippen LogP contribution in [0.25, 0.3) is 23.2 Å². The van der Waals surface area contributed by atoms with Crippen molar-refractivity contribution in [2.75, 3.05) is 7.11 Å². The molecule has 128 valence electrons. The summed E-state index contributed by atoms with van der Waals surface area (Å²) < 4.78 is 7.25. The van der Waals surface area contributed by atoms with E-state index in [0.717, 1.165) is 16.9 Å². The molecule has 4 rings (SSSR count). The largest absolute Gasteiger partial charge is 0.496 e. The normalized spacial score (nSPS) is 12.3. The van der Waals surface area contributed by atoms with Gasteiger partial charge in [-0.3, -0.25) is 4.79 Å². The number of rotatable bonds is 4. The Balaban J connectivity index is 1.71. The molecule has 6 heteroatoms. The van der Waals surface area contributed by atoms with E-state index in [4.69, 9.17) is 4.74 Å². The van der Waals surface area contributed by atoms with Gasteiger partial charge in [-0.2, -0.15) is 9.50 Å². The number of hydrogen-bond donors (Lipinski definition) is 0. The van der Waals surface area contributed by atoms with Crippen LogP contribution in [0.3, 0.4) is 0 Å². The molecule has 4 aromatic rings. The van der Waals surface area contributed by atoms with Crippen molar-refractivity contribution in [3.05, 3.63) is 86.4 Å². The van der Waals surface area contributed by atoms with E-state index in [1.165, 1.54) is 15.9 Å². The average Bonchev–Trinajstić information content (AvgIpc) is 3.20. The molecule has 0 unspecified atom stereocenters. The summed E-state index contributed by atoms with van der Waals surface area (Å²) in [4.78, 5) is 17.6. The smallest absolute Gasteiger partial charge is 0.291 e. The molecular formula is C20H15N3O2S. The van der Waals surface area contributed by atoms with E-state index >= 15 is 0 Å². The zero-order valence-corrected chi connectivity index (χ0v) is 14.8. The highest BCUT2D eigenvalue weighted by Gasteiger charge is 2.09. The number of benzene rings is 2. The van der Waals surface area contributed by atoms with Gasteiger partial charge in [-0.05, 0) is 23.8 Å². The summed E-state index contributed by atoms with van der Waals surface area (Å²) in [5, 5.41) is 4.30. The molecule has 0 saturated heterocycles. The standard InChI is InChI=1S/C20H15N3O2S/c1-25-16-10-6-5-9-15(16)13-17-19(24)23-20(26-17)21-18(22-23)12-11-14-7-3-2-4-8-14/h2-13H,1H3/b12-11+,17-13+. The first kappa shape index (κ1) is 16.2. The number of nitrogens with zero attached hydrogens (tertiary/aromatic N) is 3. The number of thiazole rings is 1. The Hall–Kier alpha value is -3.25. The molecule has 0 radical (unpaired) electrons. The van der Waals surface area contributed by atoms with Crippen molar-refractivity contribution in [2.24, 2.45) is 0 Å². The highest BCUT2D eigenvalue weighted by atomic mass is 32.1. The zero-order valence-electron chi connectivity index (χ0n) is 14.0. The van der Waals surface area contributed by atoms with Gasteiger partial charge in [-0.15, -0.1) is 5.10 Å². The SMILES string of the molecule is COc1ccccc1/C=c1/sc2nc(/C=C/c3ccccc3)nn2c1=O. The maximum absolute atomic E-state index is 12.6. The molecule has 0 aliphatic heterocycles. The van der Waals surface area contributed by atoms with Crippen molar-refractivity contribution < 1.29 is 4.74 Å². The van der Waals surface area contributed by atoms with Crippen molar-refractivity contribution in [1.82, 2.24) is 14.6 Å². The molecule has 0 aliphatic carbocycles. The summed E-state index contributed by atoms with van der Waals surface area (Å²) in [5.74, 6) is 1.23. The van der Waals surface area contributed by atoms with Crippen LogP contribution < -0.4 is 14.8 Å². The minimum absolute atomic E-state index is 0.178. The third-order valence-electron chi connectivity index (χ3n) is 3.85. The van der Waals surface area contributed by atoms with Gasteiger partial charge < -0.3 is 4.74 Å². The number of ether oxygens (including phenoxy) is 1. The van der Waals surface area contributed by atoms with Gasteiger partial charge in [-0.1, -0.05) is 65.9 Å². The van der Waals surface area contributed by atoms with Crippen molar-refractivity contribution in [1.29, 1.82) is 0 Å². The highest BCUT2D eigenvalue weighted by Crippen LogP contribution is 2.17. The lowest BCUT2D eigenvalue weighted by Crippen LogP contribution is -2.23. The lowest BCUT2D eigenvalue weighted by Gasteiger charge is -2.02. The predicted octanol–water partition coefficient (Wildman–Crippen LogP) is 2.88. The van der Waals surface area contributed by atoms with Crippen molar-refractivity contribution in [3.8, 4) is 5.75 Å². The van der Waals surface area contributed by atoms with Gasteiger partial charge in [0.1, 0.15) is 5.75 Å². The zero-order chi connectivity index (χ0) is 17.9. The van der Waals surface area contributed by atoms with E-state index in [-0.39, 0.29) is 5.56 Å². The summed E-state index contributed by atoms with van der Waals surface area (Å²) in [7, 11) is 1.61. The van der Waals surface area contributed by atoms with Crippen LogP contribution in [0.4, 0.5) is 0 Å². The minimum Gasteiger partial charge on any atom is -0.496 e. The van der Waals surface area contributed by atoms with Crippen LogP contribution in [0.5, 0.6) is 5.75 Å². The number of methoxy groups -OCH3 is 1. The van der Waals surface area contributed by atoms with E-state index in [2.05, 4.69) is 10.1 Å². The molecule has 0 N–H and O–H groups in total. The number of hydrogen-bond acceptors (Lipinski definition) is 5. The fraction of sp³-hybridized carbons (Fsp3) is 0.0500. The maximum Gasteiger partial charge on any atom is 0.291 e. The van der Waals surface area contributed by atoms with Crippen LogP contribution in [0.2, 0.25) is 0 Å². The Labute approximate surface area is 153 Å². The Morgan fingerprint density at radius 3 is 2.58 bits per heavy atom. The van der Waals surface area contributed by atoms with Crippen molar-refractivity contribution in [2.45, 2.75) is 0 Å². The summed E-state index contributed by atoms with van der Waals surface area (Å²) in [5.41, 5.74) is 1.72. The molecule has 0 saturated carbocycles. The van der Waals surface area contributed by atoms with Gasteiger partial charge in [0.25, 0.3) is 5.56 Å². The summed E-state index contributed by atoms with van der Waals surface area (Å²) in [6.07, 6.45) is 5.53. The molecule has 5 nitrogen and oxygen atoms in total. The number of aromatic nitrogens is 3. The maximum atomic E-state index is 12.6. The van der Waals surface area contributed by atoms with Gasteiger partial charge in [0.2, 0.25) is 4.96 Å². The van der Waals surface area contributed by atoms with Gasteiger partial charge in [0.05, 0.1) is 11.6 Å². The molecular weight excluding hydrogens is 346 g/mol. The van der Waals surface area contributed by atoms with Gasteiger partial charge in [0.15, 0.2) is 5.82 Å². The van der Waals surface area contributed by atoms with Gasteiger partial charge in [0, 0.05) is 5.56 Å². The van der Waals surface area contributed by atoms with Gasteiger partial charge >= 0.3 is 0 Å². The summed E-state index contributed by atoms with van der Waals surface area (Å²) in [6.45, 7) is 0. The second-order valence-electron chi connectivity index (χ2n) is 5.57. The molecule has 0 fully saturated rings. The first-order valence-corrected chi connectivity index (χ1v) is 8.84. The van der Waals surface area contributed by atoms with Crippen molar-refractivity contribution in [3.63, 3.8) is 0 Å². The first-order chi connectivity index (χ1) is 12.7. The number of para-hydroxylation sites is 1. The van der Waals surface area contributed by atoms with Crippen LogP contribution in [-0.2, 0) is 0 Å². The van der Waals surface area contributed by atoms with E-state index < -0.39 is 0 Å². The Morgan fingerprint density at radius 2 is 1.81 bits per heavy atom. The molecule has 0 spiro atoms. The molecule has 2 aromatic heterocycles. The molecule has 2 aromatic carbocycles. The van der Waals surface area contributed by atoms with E-state index in [1.807, 2.05) is 66.7 Å². The lowest BCUT2D eigenvalue weighted by atomic mass is 10.2. The second-order valence-corrected chi connectivity index (χ2v) is 6.58. The molecule has 0 atom stereocenters. The fourth-order valence-corrected chi connectivity index (χ4v) is 3.49. The monoisotopic (exact) mass is 361 g/mol. The number of fused-ring (bicyclic) bond motifs is 1. The topological polar surface area (TPSA) is 56.5 Å². The lowest BCUT2D eigenvalue weighted by molar-refractivity contribution is 0.414. The third kappa shape index (κ3) is 3.14. The summed E-state index contributed by atoms with van der Waals surface area (Å²) in [6, 6.07) is 17.4. The molecule has 0 amide bonds. The summed E-state index contributed by atoms with van der Waals surface area (Å²) >= 11 is 1.31. The van der Waals surface area contributed by atoms with E-state index in [9.17, 15) is 4.79 Å². The fourth-order valence-electron chi connectivity index (χ4n) is 2.58. The van der Waals surface area contributed by atoms with E-state index in [0.29, 0.717) is 15.3 Å². The van der Waals surface area contributed by atoms with Crippen LogP contribution in [0, 0.1) is 0 Å². The average molecular weight is 361 g/mol. The predicted molar refractivity (Wildman–Crippen MR) is 104 cm³/mol. The van der Waals surface area contributed by atoms with Crippen LogP contribution in [0.15, 0.2) is 59.4 Å². The molecule has 0 aliphatic rings. The Bertz CT molecular complexity index is 1190. The second kappa shape index (κ2) is 6.93. The van der Waals surface area contributed by atoms with Crippen molar-refractivity contribution >= 4 is 34.5 Å². The highest BCUT2D eigenvalue weighted by molar-refractivity contribution is 7.15. The van der Waals surface area contributed by atoms with Gasteiger partial charge in [-0.25, -0.2) is 0 Å².